The lowest BCUT2D eigenvalue weighted by Gasteiger charge is -2.24. The van der Waals surface area contributed by atoms with E-state index in [9.17, 15) is 14.4 Å². The molecule has 2 heterocycles. The Kier molecular flexibility index (Phi) is 3.28. The van der Waals surface area contributed by atoms with Gasteiger partial charge in [-0.1, -0.05) is 0 Å². The molecule has 0 aliphatic carbocycles. The van der Waals surface area contributed by atoms with E-state index in [0.717, 1.165) is 17.4 Å². The highest BCUT2D eigenvalue weighted by molar-refractivity contribution is 5.98. The van der Waals surface area contributed by atoms with Crippen molar-refractivity contribution >= 4 is 17.8 Å². The third-order valence-corrected chi connectivity index (χ3v) is 2.39. The van der Waals surface area contributed by atoms with Gasteiger partial charge in [0.05, 0.1) is 12.2 Å². The number of hydrogen-bond donors (Lipinski definition) is 1. The summed E-state index contributed by atoms with van der Waals surface area (Å²) in [5.74, 6) is -2.24. The van der Waals surface area contributed by atoms with Crippen LogP contribution in [0.2, 0.25) is 0 Å². The minimum Gasteiger partial charge on any atom is -0.478 e. The Morgan fingerprint density at radius 3 is 2.67 bits per heavy atom. The van der Waals surface area contributed by atoms with Gasteiger partial charge in [-0.05, 0) is 0 Å². The fourth-order valence-electron chi connectivity index (χ4n) is 1.51. The first kappa shape index (κ1) is 12.1. The van der Waals surface area contributed by atoms with E-state index in [1.807, 2.05) is 0 Å². The molecule has 1 aromatic heterocycles. The van der Waals surface area contributed by atoms with Crippen LogP contribution in [0.1, 0.15) is 16.1 Å². The average molecular weight is 251 g/mol. The molecule has 2 amide bonds. The lowest BCUT2D eigenvalue weighted by Crippen LogP contribution is -2.45. The van der Waals surface area contributed by atoms with Gasteiger partial charge in [-0.2, -0.15) is 0 Å². The summed E-state index contributed by atoms with van der Waals surface area (Å²) in [7, 11) is 0. The zero-order valence-corrected chi connectivity index (χ0v) is 9.20. The molecule has 8 nitrogen and oxygen atoms in total. The van der Waals surface area contributed by atoms with Gasteiger partial charge in [0.25, 0.3) is 11.8 Å². The summed E-state index contributed by atoms with van der Waals surface area (Å²) in [5.41, 5.74) is -0.0225. The Labute approximate surface area is 101 Å². The highest BCUT2D eigenvalue weighted by atomic mass is 16.5. The molecule has 1 saturated heterocycles. The third-order valence-electron chi connectivity index (χ3n) is 2.39. The van der Waals surface area contributed by atoms with Crippen molar-refractivity contribution in [2.45, 2.75) is 6.54 Å². The Balaban J connectivity index is 2.25. The summed E-state index contributed by atoms with van der Waals surface area (Å²) in [6, 6.07) is 0. The number of aromatic nitrogens is 2. The lowest BCUT2D eigenvalue weighted by atomic mass is 10.2. The van der Waals surface area contributed by atoms with E-state index >= 15 is 0 Å². The largest absolute Gasteiger partial charge is 0.478 e. The van der Waals surface area contributed by atoms with Crippen LogP contribution in [-0.4, -0.2) is 51.0 Å². The van der Waals surface area contributed by atoms with Gasteiger partial charge >= 0.3 is 5.97 Å². The standard InChI is InChI=1S/C10H9N3O5/c14-8-3-18-4-9(15)13(8)2-7-6(10(16)17)1-11-5-12-7/h1,5H,2-4H2,(H,16,17). The van der Waals surface area contributed by atoms with Crippen molar-refractivity contribution in [3.8, 4) is 0 Å². The fourth-order valence-corrected chi connectivity index (χ4v) is 1.51. The van der Waals surface area contributed by atoms with Crippen LogP contribution in [0.3, 0.4) is 0 Å². The molecule has 18 heavy (non-hydrogen) atoms. The minimum atomic E-state index is -1.21. The first-order valence-corrected chi connectivity index (χ1v) is 5.02. The highest BCUT2D eigenvalue weighted by Crippen LogP contribution is 2.10. The molecule has 0 unspecified atom stereocenters. The summed E-state index contributed by atoms with van der Waals surface area (Å²) >= 11 is 0. The fraction of sp³-hybridized carbons (Fsp3) is 0.300. The maximum absolute atomic E-state index is 11.5. The lowest BCUT2D eigenvalue weighted by molar-refractivity contribution is -0.159. The molecular weight excluding hydrogens is 242 g/mol. The maximum Gasteiger partial charge on any atom is 0.339 e. The van der Waals surface area contributed by atoms with Gasteiger partial charge in [0.1, 0.15) is 25.1 Å². The first-order chi connectivity index (χ1) is 8.59. The van der Waals surface area contributed by atoms with E-state index in [0.29, 0.717) is 0 Å². The zero-order chi connectivity index (χ0) is 13.1. The molecule has 1 N–H and O–H groups in total. The molecule has 0 saturated carbocycles. The number of aromatic carboxylic acids is 1. The summed E-state index contributed by atoms with van der Waals surface area (Å²) in [6.45, 7) is -0.580. The molecule has 1 aliphatic heterocycles. The van der Waals surface area contributed by atoms with Crippen LogP contribution >= 0.6 is 0 Å². The Bertz CT molecular complexity index is 500. The molecule has 0 radical (unpaired) electrons. The van der Waals surface area contributed by atoms with Crippen molar-refractivity contribution in [2.75, 3.05) is 13.2 Å². The molecule has 1 fully saturated rings. The smallest absolute Gasteiger partial charge is 0.339 e. The topological polar surface area (TPSA) is 110 Å². The normalized spacial score (nSPS) is 15.9. The number of hydrogen-bond acceptors (Lipinski definition) is 6. The zero-order valence-electron chi connectivity index (χ0n) is 9.20. The van der Waals surface area contributed by atoms with Crippen LogP contribution < -0.4 is 0 Å². The van der Waals surface area contributed by atoms with Crippen molar-refractivity contribution in [1.82, 2.24) is 14.9 Å². The van der Waals surface area contributed by atoms with Crippen LogP contribution in [0.25, 0.3) is 0 Å². The number of rotatable bonds is 3. The molecule has 8 heteroatoms. The number of morpholine rings is 1. The molecule has 1 aliphatic rings. The number of carboxylic acids is 1. The number of carbonyl (C=O) groups is 3. The Morgan fingerprint density at radius 1 is 1.39 bits per heavy atom. The van der Waals surface area contributed by atoms with Gasteiger partial charge < -0.3 is 9.84 Å². The van der Waals surface area contributed by atoms with E-state index in [1.165, 1.54) is 0 Å². The van der Waals surface area contributed by atoms with Crippen molar-refractivity contribution in [2.24, 2.45) is 0 Å². The van der Waals surface area contributed by atoms with Crippen molar-refractivity contribution in [3.05, 3.63) is 23.8 Å². The summed E-state index contributed by atoms with van der Waals surface area (Å²) in [5, 5.41) is 8.93. The van der Waals surface area contributed by atoms with Crippen LogP contribution in [0.5, 0.6) is 0 Å². The second kappa shape index (κ2) is 4.88. The molecule has 0 bridgehead atoms. The number of carboxylic acid groups (broad SMARTS) is 1. The van der Waals surface area contributed by atoms with E-state index in [4.69, 9.17) is 9.84 Å². The van der Waals surface area contributed by atoms with Gasteiger partial charge in [0.15, 0.2) is 0 Å². The molecule has 0 spiro atoms. The van der Waals surface area contributed by atoms with Crippen LogP contribution in [0.15, 0.2) is 12.5 Å². The predicted octanol–water partition coefficient (Wildman–Crippen LogP) is -0.940. The van der Waals surface area contributed by atoms with Gasteiger partial charge in [-0.25, -0.2) is 14.8 Å². The van der Waals surface area contributed by atoms with Gasteiger partial charge in [0.2, 0.25) is 0 Å². The molecule has 94 valence electrons. The highest BCUT2D eigenvalue weighted by Gasteiger charge is 2.28. The van der Waals surface area contributed by atoms with Crippen molar-refractivity contribution in [1.29, 1.82) is 0 Å². The number of amides is 2. The van der Waals surface area contributed by atoms with Crippen molar-refractivity contribution in [3.63, 3.8) is 0 Å². The molecule has 2 rings (SSSR count). The monoisotopic (exact) mass is 251 g/mol. The van der Waals surface area contributed by atoms with E-state index in [2.05, 4.69) is 9.97 Å². The van der Waals surface area contributed by atoms with Gasteiger partial charge in [0, 0.05) is 6.20 Å². The van der Waals surface area contributed by atoms with Gasteiger partial charge in [-0.3, -0.25) is 14.5 Å². The first-order valence-electron chi connectivity index (χ1n) is 5.02. The van der Waals surface area contributed by atoms with Crippen LogP contribution in [0, 0.1) is 0 Å². The predicted molar refractivity (Wildman–Crippen MR) is 55.4 cm³/mol. The molecule has 0 aromatic carbocycles. The second-order valence-electron chi connectivity index (χ2n) is 3.55. The Hall–Kier alpha value is -2.35. The van der Waals surface area contributed by atoms with E-state index in [-0.39, 0.29) is 31.0 Å². The second-order valence-corrected chi connectivity index (χ2v) is 3.55. The summed E-state index contributed by atoms with van der Waals surface area (Å²) in [4.78, 5) is 42.2. The number of nitrogens with zero attached hydrogens (tertiary/aromatic N) is 3. The van der Waals surface area contributed by atoms with Crippen LogP contribution in [0.4, 0.5) is 0 Å². The molecular formula is C10H9N3O5. The Morgan fingerprint density at radius 2 is 2.06 bits per heavy atom. The summed E-state index contributed by atoms with van der Waals surface area (Å²) < 4.78 is 4.75. The van der Waals surface area contributed by atoms with E-state index < -0.39 is 17.8 Å². The van der Waals surface area contributed by atoms with Gasteiger partial charge in [-0.15, -0.1) is 0 Å². The van der Waals surface area contributed by atoms with Crippen molar-refractivity contribution < 1.29 is 24.2 Å². The third kappa shape index (κ3) is 2.33. The minimum absolute atomic E-state index is 0.112. The number of ether oxygens (including phenoxy) is 1. The maximum atomic E-state index is 11.5. The van der Waals surface area contributed by atoms with E-state index in [1.54, 1.807) is 0 Å². The SMILES string of the molecule is O=C(O)c1cncnc1CN1C(=O)COCC1=O. The summed E-state index contributed by atoms with van der Waals surface area (Å²) in [6.07, 6.45) is 2.29. The molecule has 0 atom stereocenters. The average Bonchev–Trinajstić information content (AvgIpc) is 2.34. The number of carbonyl (C=O) groups excluding carboxylic acids is 2. The van der Waals surface area contributed by atoms with Crippen LogP contribution in [-0.2, 0) is 20.9 Å². The number of imide groups is 1. The molecule has 1 aromatic rings. The quantitative estimate of drug-likeness (QED) is 0.690.